The van der Waals surface area contributed by atoms with Gasteiger partial charge in [-0.25, -0.2) is 0 Å². The van der Waals surface area contributed by atoms with Gasteiger partial charge in [0, 0.05) is 5.56 Å². The number of hydrogen-bond acceptors (Lipinski definition) is 3. The number of aromatic amines is 1. The lowest BCUT2D eigenvalue weighted by Gasteiger charge is -2.10. The third-order valence-electron chi connectivity index (χ3n) is 4.21. The number of rotatable bonds is 6. The van der Waals surface area contributed by atoms with Crippen LogP contribution in [-0.4, -0.2) is 16.1 Å². The Bertz CT molecular complexity index is 908. The fourth-order valence-corrected chi connectivity index (χ4v) is 2.52. The van der Waals surface area contributed by atoms with E-state index in [-0.39, 0.29) is 5.91 Å². The first kappa shape index (κ1) is 17.5. The van der Waals surface area contributed by atoms with Crippen molar-refractivity contribution in [1.82, 2.24) is 21.0 Å². The van der Waals surface area contributed by atoms with Crippen LogP contribution in [0.25, 0.3) is 17.0 Å². The van der Waals surface area contributed by atoms with Crippen molar-refractivity contribution >= 4 is 11.6 Å². The van der Waals surface area contributed by atoms with Crippen LogP contribution in [0, 0.1) is 6.92 Å². The van der Waals surface area contributed by atoms with Gasteiger partial charge in [-0.15, -0.1) is 0 Å². The van der Waals surface area contributed by atoms with E-state index in [2.05, 4.69) is 46.7 Å². The second-order valence-corrected chi connectivity index (χ2v) is 6.14. The summed E-state index contributed by atoms with van der Waals surface area (Å²) < 4.78 is 0. The molecule has 1 heterocycles. The molecule has 0 saturated carbocycles. The van der Waals surface area contributed by atoms with Crippen molar-refractivity contribution in [3.05, 3.63) is 83.6 Å². The highest BCUT2D eigenvalue weighted by Gasteiger charge is 2.11. The maximum Gasteiger partial charge on any atom is 0.287 e. The molecule has 0 fully saturated rings. The number of aryl methyl sites for hydroxylation is 2. The zero-order valence-corrected chi connectivity index (χ0v) is 15.0. The molecule has 1 aromatic heterocycles. The van der Waals surface area contributed by atoms with Gasteiger partial charge in [0.25, 0.3) is 5.91 Å². The molecule has 26 heavy (non-hydrogen) atoms. The Hall–Kier alpha value is -3.34. The number of H-pyrrole nitrogens is 1. The Morgan fingerprint density at radius 1 is 1.08 bits per heavy atom. The Morgan fingerprint density at radius 2 is 1.77 bits per heavy atom. The Labute approximate surface area is 153 Å². The van der Waals surface area contributed by atoms with Gasteiger partial charge in [-0.1, -0.05) is 67.6 Å². The summed E-state index contributed by atoms with van der Waals surface area (Å²) in [6, 6.07) is 17.8. The number of benzene rings is 2. The summed E-state index contributed by atoms with van der Waals surface area (Å²) in [7, 11) is 0. The van der Waals surface area contributed by atoms with E-state index in [1.165, 1.54) is 11.1 Å². The second kappa shape index (κ2) is 7.70. The number of amides is 1. The van der Waals surface area contributed by atoms with Crippen molar-refractivity contribution in [2.45, 2.75) is 20.3 Å². The van der Waals surface area contributed by atoms with E-state index in [0.29, 0.717) is 11.4 Å². The van der Waals surface area contributed by atoms with E-state index in [1.807, 2.05) is 43.3 Å². The highest BCUT2D eigenvalue weighted by molar-refractivity contribution is 5.93. The van der Waals surface area contributed by atoms with Crippen LogP contribution >= 0.6 is 0 Å². The fourth-order valence-electron chi connectivity index (χ4n) is 2.52. The molecule has 0 aliphatic carbocycles. The molecule has 3 aromatic rings. The molecule has 2 aromatic carbocycles. The van der Waals surface area contributed by atoms with E-state index in [1.54, 1.807) is 6.07 Å². The number of carbonyl (C=O) groups excluding carboxylic acids is 1. The lowest BCUT2D eigenvalue weighted by molar-refractivity contribution is 0.0937. The third-order valence-corrected chi connectivity index (χ3v) is 4.21. The van der Waals surface area contributed by atoms with Crippen LogP contribution in [0.15, 0.2) is 61.2 Å². The van der Waals surface area contributed by atoms with E-state index >= 15 is 0 Å². The second-order valence-electron chi connectivity index (χ2n) is 6.14. The summed E-state index contributed by atoms with van der Waals surface area (Å²) in [6.45, 7) is 8.07. The summed E-state index contributed by atoms with van der Waals surface area (Å²) >= 11 is 0. The minimum Gasteiger partial charge on any atom is -0.298 e. The fraction of sp³-hybridized carbons (Fsp3) is 0.143. The van der Waals surface area contributed by atoms with Gasteiger partial charge in [0.1, 0.15) is 5.69 Å². The molecular formula is C21H22N4O. The van der Waals surface area contributed by atoms with Crippen LogP contribution < -0.4 is 10.9 Å². The smallest absolute Gasteiger partial charge is 0.287 e. The predicted octanol–water partition coefficient (Wildman–Crippen LogP) is 3.85. The summed E-state index contributed by atoms with van der Waals surface area (Å²) in [5.41, 5.74) is 11.5. The van der Waals surface area contributed by atoms with Gasteiger partial charge in [-0.2, -0.15) is 5.10 Å². The minimum absolute atomic E-state index is 0.304. The normalized spacial score (nSPS) is 10.4. The van der Waals surface area contributed by atoms with Crippen LogP contribution in [0.2, 0.25) is 0 Å². The van der Waals surface area contributed by atoms with Gasteiger partial charge in [0.2, 0.25) is 0 Å². The van der Waals surface area contributed by atoms with Crippen LogP contribution in [0.5, 0.6) is 0 Å². The largest absolute Gasteiger partial charge is 0.298 e. The zero-order chi connectivity index (χ0) is 18.5. The first-order valence-corrected chi connectivity index (χ1v) is 8.54. The van der Waals surface area contributed by atoms with Crippen LogP contribution in [-0.2, 0) is 6.42 Å². The molecule has 3 rings (SSSR count). The van der Waals surface area contributed by atoms with Gasteiger partial charge in [-0.3, -0.25) is 20.7 Å². The Balaban J connectivity index is 1.62. The number of hydrogen-bond donors (Lipinski definition) is 3. The van der Waals surface area contributed by atoms with Gasteiger partial charge < -0.3 is 0 Å². The van der Waals surface area contributed by atoms with E-state index in [9.17, 15) is 4.79 Å². The van der Waals surface area contributed by atoms with Crippen molar-refractivity contribution in [3.8, 4) is 11.3 Å². The summed E-state index contributed by atoms with van der Waals surface area (Å²) in [4.78, 5) is 12.3. The average Bonchev–Trinajstić information content (AvgIpc) is 3.17. The third kappa shape index (κ3) is 4.00. The first-order chi connectivity index (χ1) is 12.6. The molecule has 0 aliphatic rings. The van der Waals surface area contributed by atoms with Crippen molar-refractivity contribution in [2.75, 3.05) is 0 Å². The lowest BCUT2D eigenvalue weighted by atomic mass is 10.1. The highest BCUT2D eigenvalue weighted by Crippen LogP contribution is 2.18. The number of nitrogens with one attached hydrogen (secondary N) is 3. The number of aromatic nitrogens is 2. The zero-order valence-electron chi connectivity index (χ0n) is 15.0. The van der Waals surface area contributed by atoms with E-state index < -0.39 is 0 Å². The standard InChI is InChI=1S/C21H22N4O/c1-4-16-7-11-18(12-8-16)19-13-20(24-23-19)21(26)25-22-15(3)17-9-5-14(2)6-10-17/h5-13,22H,3-4H2,1-2H3,(H,23,24)(H,25,26). The van der Waals surface area contributed by atoms with Crippen LogP contribution in [0.3, 0.4) is 0 Å². The van der Waals surface area contributed by atoms with Crippen molar-refractivity contribution in [2.24, 2.45) is 0 Å². The minimum atomic E-state index is -0.304. The number of carbonyl (C=O) groups is 1. The maximum atomic E-state index is 12.3. The van der Waals surface area contributed by atoms with Crippen molar-refractivity contribution < 1.29 is 4.79 Å². The van der Waals surface area contributed by atoms with Gasteiger partial charge in [-0.05, 0) is 30.5 Å². The van der Waals surface area contributed by atoms with Crippen LogP contribution in [0.4, 0.5) is 0 Å². The SMILES string of the molecule is C=C(NNC(=O)c1cc(-c2ccc(CC)cc2)n[nH]1)c1ccc(C)cc1. The van der Waals surface area contributed by atoms with Crippen LogP contribution in [0.1, 0.15) is 34.1 Å². The van der Waals surface area contributed by atoms with Crippen molar-refractivity contribution in [3.63, 3.8) is 0 Å². The molecule has 0 bridgehead atoms. The monoisotopic (exact) mass is 346 g/mol. The molecule has 1 amide bonds. The molecule has 0 spiro atoms. The molecule has 0 atom stereocenters. The topological polar surface area (TPSA) is 69.8 Å². The quantitative estimate of drug-likeness (QED) is 0.594. The summed E-state index contributed by atoms with van der Waals surface area (Å²) in [6.07, 6.45) is 0.991. The molecule has 3 N–H and O–H groups in total. The predicted molar refractivity (Wildman–Crippen MR) is 104 cm³/mol. The van der Waals surface area contributed by atoms with Gasteiger partial charge in [0.05, 0.1) is 11.4 Å². The molecule has 0 radical (unpaired) electrons. The number of nitrogens with zero attached hydrogens (tertiary/aromatic N) is 1. The molecule has 5 nitrogen and oxygen atoms in total. The molecule has 132 valence electrons. The molecule has 0 unspecified atom stereocenters. The first-order valence-electron chi connectivity index (χ1n) is 8.54. The Morgan fingerprint density at radius 3 is 2.42 bits per heavy atom. The van der Waals surface area contributed by atoms with Crippen molar-refractivity contribution in [1.29, 1.82) is 0 Å². The van der Waals surface area contributed by atoms with E-state index in [4.69, 9.17) is 0 Å². The lowest BCUT2D eigenvalue weighted by Crippen LogP contribution is -2.36. The average molecular weight is 346 g/mol. The van der Waals surface area contributed by atoms with Gasteiger partial charge in [0.15, 0.2) is 0 Å². The number of hydrazine groups is 1. The molecular weight excluding hydrogens is 324 g/mol. The van der Waals surface area contributed by atoms with E-state index in [0.717, 1.165) is 23.2 Å². The van der Waals surface area contributed by atoms with Gasteiger partial charge >= 0.3 is 0 Å². The highest BCUT2D eigenvalue weighted by atomic mass is 16.2. The molecule has 5 heteroatoms. The molecule has 0 saturated heterocycles. The Kier molecular flexibility index (Phi) is 5.17. The molecule has 0 aliphatic heterocycles. The maximum absolute atomic E-state index is 12.3. The summed E-state index contributed by atoms with van der Waals surface area (Å²) in [5.74, 6) is -0.304. The summed E-state index contributed by atoms with van der Waals surface area (Å²) in [5, 5.41) is 6.99.